The van der Waals surface area contributed by atoms with E-state index in [-0.39, 0.29) is 5.41 Å². The van der Waals surface area contributed by atoms with Crippen molar-refractivity contribution < 1.29 is 0 Å². The third-order valence-corrected chi connectivity index (χ3v) is 11.1. The molecule has 1 unspecified atom stereocenters. The Morgan fingerprint density at radius 2 is 1.00 bits per heavy atom. The van der Waals surface area contributed by atoms with Gasteiger partial charge in [-0.3, -0.25) is 4.98 Å². The van der Waals surface area contributed by atoms with Crippen molar-refractivity contribution in [1.29, 1.82) is 0 Å². The maximum atomic E-state index is 5.28. The lowest BCUT2D eigenvalue weighted by atomic mass is 9.74. The van der Waals surface area contributed by atoms with E-state index in [9.17, 15) is 0 Å². The molecule has 0 fully saturated rings. The summed E-state index contributed by atoms with van der Waals surface area (Å²) in [4.78, 5) is 14.9. The van der Waals surface area contributed by atoms with Crippen LogP contribution in [0.2, 0.25) is 0 Å². The molecule has 2 aromatic heterocycles. The highest BCUT2D eigenvalue weighted by molar-refractivity contribution is 6.05. The van der Waals surface area contributed by atoms with Gasteiger partial charge in [0.25, 0.3) is 0 Å². The third kappa shape index (κ3) is 5.24. The summed E-state index contributed by atoms with van der Waals surface area (Å²) in [7, 11) is 0. The van der Waals surface area contributed by atoms with Crippen molar-refractivity contribution in [3.63, 3.8) is 0 Å². The molecular weight excluding hydrogens is 655 g/mol. The lowest BCUT2D eigenvalue weighted by molar-refractivity contribution is 0.714. The molecule has 1 aliphatic carbocycles. The maximum Gasteiger partial charge on any atom is 0.161 e. The molecule has 7 aromatic carbocycles. The van der Waals surface area contributed by atoms with Crippen LogP contribution in [-0.2, 0) is 5.41 Å². The molecule has 1 aliphatic rings. The second-order valence-electron chi connectivity index (χ2n) is 14.2. The third-order valence-electron chi connectivity index (χ3n) is 11.1. The predicted molar refractivity (Wildman–Crippen MR) is 222 cm³/mol. The fraction of sp³-hybridized carbons (Fsp3) is 0.0392. The quantitative estimate of drug-likeness (QED) is 0.174. The van der Waals surface area contributed by atoms with Gasteiger partial charge < -0.3 is 0 Å². The van der Waals surface area contributed by atoms with Crippen molar-refractivity contribution in [2.75, 3.05) is 0 Å². The number of fused-ring (bicyclic) bond motifs is 4. The van der Waals surface area contributed by atoms with Gasteiger partial charge in [-0.1, -0.05) is 152 Å². The van der Waals surface area contributed by atoms with Crippen LogP contribution in [0.25, 0.3) is 78.1 Å². The van der Waals surface area contributed by atoms with Crippen LogP contribution in [0, 0.1) is 0 Å². The second-order valence-corrected chi connectivity index (χ2v) is 14.2. The van der Waals surface area contributed by atoms with Gasteiger partial charge in [-0.15, -0.1) is 0 Å². The number of hydrogen-bond acceptors (Lipinski definition) is 3. The zero-order valence-corrected chi connectivity index (χ0v) is 29.8. The Morgan fingerprint density at radius 3 is 1.80 bits per heavy atom. The summed E-state index contributed by atoms with van der Waals surface area (Å²) in [5.41, 5.74) is 15.7. The fourth-order valence-corrected chi connectivity index (χ4v) is 8.35. The summed E-state index contributed by atoms with van der Waals surface area (Å²) < 4.78 is 0. The number of nitrogens with zero attached hydrogens (tertiary/aromatic N) is 3. The van der Waals surface area contributed by atoms with Gasteiger partial charge in [0, 0.05) is 40.1 Å². The van der Waals surface area contributed by atoms with Gasteiger partial charge >= 0.3 is 0 Å². The monoisotopic (exact) mass is 689 g/mol. The van der Waals surface area contributed by atoms with E-state index in [0.717, 1.165) is 44.6 Å². The van der Waals surface area contributed by atoms with Gasteiger partial charge in [0.15, 0.2) is 5.82 Å². The first-order chi connectivity index (χ1) is 26.6. The molecule has 0 aliphatic heterocycles. The van der Waals surface area contributed by atoms with Crippen molar-refractivity contribution in [2.24, 2.45) is 0 Å². The molecule has 2 heterocycles. The highest BCUT2D eigenvalue weighted by atomic mass is 14.9. The van der Waals surface area contributed by atoms with Crippen molar-refractivity contribution in [2.45, 2.75) is 12.3 Å². The first-order valence-electron chi connectivity index (χ1n) is 18.4. The molecule has 0 saturated heterocycles. The molecular formula is C51H35N3. The number of hydrogen-bond donors (Lipinski definition) is 0. The van der Waals surface area contributed by atoms with E-state index in [1.54, 1.807) is 6.20 Å². The normalized spacial score (nSPS) is 14.5. The van der Waals surface area contributed by atoms with Crippen LogP contribution in [0.5, 0.6) is 0 Å². The zero-order chi connectivity index (χ0) is 36.1. The molecule has 0 spiro atoms. The fourth-order valence-electron chi connectivity index (χ4n) is 8.35. The maximum absolute atomic E-state index is 5.28. The SMILES string of the molecule is CC1(c2ccccc2)c2ccccc2-c2ccc(-c3ccc(-c4nc(-c5ccccc5)cc(-c5cccc(-c6cccnc6)c5)n4)c4ccccc34)cc21. The molecule has 10 rings (SSSR count). The highest BCUT2D eigenvalue weighted by Crippen LogP contribution is 2.53. The topological polar surface area (TPSA) is 38.7 Å². The molecule has 0 bridgehead atoms. The van der Waals surface area contributed by atoms with Gasteiger partial charge in [0.05, 0.1) is 11.4 Å². The standard InChI is InChI=1S/C51H35N3/c1-51(39-19-6-3-7-20-39)46-24-11-10-23-43(46)44-26-25-36(31-47(44)51)40-27-28-45(42-22-9-8-21-41(40)42)50-53-48(34-14-4-2-5-15-34)32-49(54-50)37-17-12-16-35(30-37)38-18-13-29-52-33-38/h2-33H,1H3. The van der Waals surface area contributed by atoms with Crippen molar-refractivity contribution >= 4 is 10.8 Å². The van der Waals surface area contributed by atoms with E-state index in [1.165, 1.54) is 44.3 Å². The summed E-state index contributed by atoms with van der Waals surface area (Å²) in [5, 5.41) is 2.28. The molecule has 0 radical (unpaired) electrons. The summed E-state index contributed by atoms with van der Waals surface area (Å²) in [5.74, 6) is 0.696. The average molecular weight is 690 g/mol. The Hall–Kier alpha value is -6.97. The smallest absolute Gasteiger partial charge is 0.161 e. The Balaban J connectivity index is 1.13. The number of benzene rings is 7. The highest BCUT2D eigenvalue weighted by Gasteiger charge is 2.40. The Kier molecular flexibility index (Phi) is 7.59. The minimum absolute atomic E-state index is 0.268. The van der Waals surface area contributed by atoms with E-state index in [0.29, 0.717) is 5.82 Å². The Morgan fingerprint density at radius 1 is 0.389 bits per heavy atom. The van der Waals surface area contributed by atoms with Crippen molar-refractivity contribution in [3.8, 4) is 67.3 Å². The van der Waals surface area contributed by atoms with E-state index < -0.39 is 0 Å². The van der Waals surface area contributed by atoms with E-state index >= 15 is 0 Å². The Bertz CT molecular complexity index is 2830. The zero-order valence-electron chi connectivity index (χ0n) is 29.8. The lowest BCUT2D eigenvalue weighted by Gasteiger charge is -2.28. The molecule has 54 heavy (non-hydrogen) atoms. The lowest BCUT2D eigenvalue weighted by Crippen LogP contribution is -2.22. The van der Waals surface area contributed by atoms with Crippen LogP contribution >= 0.6 is 0 Å². The van der Waals surface area contributed by atoms with E-state index in [4.69, 9.17) is 9.97 Å². The molecule has 3 heteroatoms. The van der Waals surface area contributed by atoms with Gasteiger partial charge in [0.1, 0.15) is 0 Å². The van der Waals surface area contributed by atoms with Gasteiger partial charge in [-0.2, -0.15) is 0 Å². The van der Waals surface area contributed by atoms with Gasteiger partial charge in [-0.25, -0.2) is 9.97 Å². The van der Waals surface area contributed by atoms with Gasteiger partial charge in [0.2, 0.25) is 0 Å². The van der Waals surface area contributed by atoms with Crippen molar-refractivity contribution in [1.82, 2.24) is 15.0 Å². The van der Waals surface area contributed by atoms with E-state index in [1.807, 2.05) is 18.3 Å². The van der Waals surface area contributed by atoms with Crippen molar-refractivity contribution in [3.05, 3.63) is 211 Å². The molecule has 0 saturated carbocycles. The van der Waals surface area contributed by atoms with Crippen LogP contribution in [0.3, 0.4) is 0 Å². The minimum atomic E-state index is -0.268. The minimum Gasteiger partial charge on any atom is -0.264 e. The van der Waals surface area contributed by atoms with Crippen LogP contribution in [0.15, 0.2) is 194 Å². The van der Waals surface area contributed by atoms with Crippen LogP contribution in [0.1, 0.15) is 23.6 Å². The molecule has 254 valence electrons. The Labute approximate surface area is 315 Å². The van der Waals surface area contributed by atoms with Crippen LogP contribution < -0.4 is 0 Å². The molecule has 1 atom stereocenters. The number of rotatable bonds is 6. The first kappa shape index (κ1) is 31.7. The molecule has 0 N–H and O–H groups in total. The summed E-state index contributed by atoms with van der Waals surface area (Å²) in [6.45, 7) is 2.37. The predicted octanol–water partition coefficient (Wildman–Crippen LogP) is 12.7. The average Bonchev–Trinajstić information content (AvgIpc) is 3.52. The molecule has 0 amide bonds. The number of pyridine rings is 1. The van der Waals surface area contributed by atoms with Crippen LogP contribution in [-0.4, -0.2) is 15.0 Å². The number of aromatic nitrogens is 3. The second kappa shape index (κ2) is 12.9. The van der Waals surface area contributed by atoms with E-state index in [2.05, 4.69) is 182 Å². The largest absolute Gasteiger partial charge is 0.264 e. The molecule has 3 nitrogen and oxygen atoms in total. The van der Waals surface area contributed by atoms with Gasteiger partial charge in [-0.05, 0) is 92.5 Å². The summed E-state index contributed by atoms with van der Waals surface area (Å²) in [6, 6.07) is 65.0. The first-order valence-corrected chi connectivity index (χ1v) is 18.4. The summed E-state index contributed by atoms with van der Waals surface area (Å²) in [6.07, 6.45) is 3.70. The summed E-state index contributed by atoms with van der Waals surface area (Å²) >= 11 is 0. The molecule has 9 aromatic rings. The van der Waals surface area contributed by atoms with Crippen LogP contribution in [0.4, 0.5) is 0 Å².